The van der Waals surface area contributed by atoms with Crippen LogP contribution in [0, 0.1) is 7.14 Å². The number of hydrogen-bond acceptors (Lipinski definition) is 8. The largest absolute Gasteiger partial charge is 0.743 e. The maximum atomic E-state index is 13.5. The van der Waals surface area contributed by atoms with Crippen LogP contribution in [0.5, 0.6) is 5.75 Å². The highest BCUT2D eigenvalue weighted by molar-refractivity contribution is 14.1. The molecule has 32 heavy (non-hydrogen) atoms. The van der Waals surface area contributed by atoms with Gasteiger partial charge in [0.2, 0.25) is 0 Å². The van der Waals surface area contributed by atoms with E-state index in [0.29, 0.717) is 0 Å². The highest BCUT2D eigenvalue weighted by Crippen LogP contribution is 2.39. The third-order valence-corrected chi connectivity index (χ3v) is 5.79. The standard InChI is InChI=1S/C16H13F5I2O8S/c1-7(2)12(24)30-4-3-29-11-9(22)5-8(6-10(11)23)13(25)31-14(15(17,18)19)16(20,21)32(26,27)28/h5-6,14H,1,3-4H2,2H3,(H,26,27,28)/p-1. The Labute approximate surface area is 205 Å². The number of rotatable bonds is 9. The van der Waals surface area contributed by atoms with Gasteiger partial charge in [-0.05, 0) is 64.2 Å². The molecule has 180 valence electrons. The molecular weight excluding hydrogens is 701 g/mol. The van der Waals surface area contributed by atoms with Crippen LogP contribution in [0.4, 0.5) is 22.0 Å². The van der Waals surface area contributed by atoms with Crippen LogP contribution < -0.4 is 4.74 Å². The smallest absolute Gasteiger partial charge is 0.432 e. The number of carbonyl (C=O) groups excluding carboxylic acids is 2. The fraction of sp³-hybridized carbons (Fsp3) is 0.375. The summed E-state index contributed by atoms with van der Waals surface area (Å²) in [6.45, 7) is 4.50. The molecule has 0 aliphatic rings. The van der Waals surface area contributed by atoms with E-state index in [1.165, 1.54) is 6.92 Å². The van der Waals surface area contributed by atoms with E-state index in [0.717, 1.165) is 12.1 Å². The molecule has 0 saturated carbocycles. The van der Waals surface area contributed by atoms with E-state index in [1.54, 1.807) is 45.2 Å². The van der Waals surface area contributed by atoms with Crippen molar-refractivity contribution < 1.29 is 58.7 Å². The minimum absolute atomic E-state index is 0.133. The molecule has 0 aliphatic carbocycles. The van der Waals surface area contributed by atoms with Gasteiger partial charge in [-0.3, -0.25) is 0 Å². The number of hydrogen-bond donors (Lipinski definition) is 0. The second kappa shape index (κ2) is 10.8. The lowest BCUT2D eigenvalue weighted by molar-refractivity contribution is -0.248. The minimum atomic E-state index is -6.80. The zero-order valence-corrected chi connectivity index (χ0v) is 20.8. The van der Waals surface area contributed by atoms with Crippen molar-refractivity contribution in [1.29, 1.82) is 0 Å². The Morgan fingerprint density at radius 1 is 1.12 bits per heavy atom. The molecule has 0 amide bonds. The maximum absolute atomic E-state index is 13.5. The number of carbonyl (C=O) groups is 2. The van der Waals surface area contributed by atoms with E-state index < -0.39 is 45.2 Å². The van der Waals surface area contributed by atoms with Gasteiger partial charge in [0.05, 0.1) is 12.7 Å². The van der Waals surface area contributed by atoms with Crippen LogP contribution in [0.3, 0.4) is 0 Å². The summed E-state index contributed by atoms with van der Waals surface area (Å²) in [5.74, 6) is -2.48. The predicted molar refractivity (Wildman–Crippen MR) is 113 cm³/mol. The predicted octanol–water partition coefficient (Wildman–Crippen LogP) is 3.62. The second-order valence-electron chi connectivity index (χ2n) is 5.88. The molecule has 0 radical (unpaired) electrons. The summed E-state index contributed by atoms with van der Waals surface area (Å²) in [5, 5.41) is -5.95. The highest BCUT2D eigenvalue weighted by Gasteiger charge is 2.63. The third-order valence-electron chi connectivity index (χ3n) is 3.31. The van der Waals surface area contributed by atoms with Crippen LogP contribution >= 0.6 is 45.2 Å². The Bertz CT molecular complexity index is 987. The van der Waals surface area contributed by atoms with E-state index in [1.807, 2.05) is 0 Å². The summed E-state index contributed by atoms with van der Waals surface area (Å²) in [7, 11) is -6.80. The van der Waals surface area contributed by atoms with Gasteiger partial charge in [0, 0.05) is 5.57 Å². The monoisotopic (exact) mass is 713 g/mol. The van der Waals surface area contributed by atoms with Gasteiger partial charge in [0.15, 0.2) is 10.1 Å². The van der Waals surface area contributed by atoms with Crippen LogP contribution in [0.25, 0.3) is 0 Å². The normalized spacial score (nSPS) is 13.3. The van der Waals surface area contributed by atoms with Crippen molar-refractivity contribution >= 4 is 67.2 Å². The van der Waals surface area contributed by atoms with E-state index in [9.17, 15) is 44.5 Å². The Hall–Kier alpha value is -1.28. The molecule has 1 aromatic rings. The van der Waals surface area contributed by atoms with E-state index in [-0.39, 0.29) is 31.7 Å². The van der Waals surface area contributed by atoms with Gasteiger partial charge in [0.1, 0.15) is 19.0 Å². The molecule has 0 saturated heterocycles. The van der Waals surface area contributed by atoms with Crippen molar-refractivity contribution in [3.05, 3.63) is 37.0 Å². The van der Waals surface area contributed by atoms with E-state index >= 15 is 0 Å². The molecule has 1 atom stereocenters. The Balaban J connectivity index is 3.05. The zero-order valence-electron chi connectivity index (χ0n) is 15.7. The van der Waals surface area contributed by atoms with Crippen molar-refractivity contribution in [2.45, 2.75) is 24.5 Å². The van der Waals surface area contributed by atoms with Crippen molar-refractivity contribution in [2.24, 2.45) is 0 Å². The van der Waals surface area contributed by atoms with Gasteiger partial charge < -0.3 is 18.8 Å². The topological polar surface area (TPSA) is 119 Å². The fourth-order valence-corrected chi connectivity index (χ4v) is 4.37. The molecule has 1 rings (SSSR count). The molecular formula is C16H12F5I2O8S-. The first-order valence-electron chi connectivity index (χ1n) is 7.95. The lowest BCUT2D eigenvalue weighted by Gasteiger charge is -2.29. The Morgan fingerprint density at radius 2 is 1.62 bits per heavy atom. The number of benzene rings is 1. The first-order chi connectivity index (χ1) is 14.4. The molecule has 0 fully saturated rings. The molecule has 8 nitrogen and oxygen atoms in total. The van der Waals surface area contributed by atoms with Crippen LogP contribution in [-0.4, -0.2) is 55.7 Å². The molecule has 0 heterocycles. The molecule has 1 aromatic carbocycles. The lowest BCUT2D eigenvalue weighted by Crippen LogP contribution is -2.52. The van der Waals surface area contributed by atoms with Gasteiger partial charge in [-0.15, -0.1) is 0 Å². The number of esters is 2. The molecule has 0 aliphatic heterocycles. The van der Waals surface area contributed by atoms with E-state index in [2.05, 4.69) is 11.3 Å². The van der Waals surface area contributed by atoms with Gasteiger partial charge in [0.25, 0.3) is 6.10 Å². The third kappa shape index (κ3) is 7.37. The second-order valence-corrected chi connectivity index (χ2v) is 9.65. The van der Waals surface area contributed by atoms with Crippen LogP contribution in [-0.2, 0) is 24.4 Å². The summed E-state index contributed by atoms with van der Waals surface area (Å²) in [4.78, 5) is 23.3. The molecule has 0 spiro atoms. The highest BCUT2D eigenvalue weighted by atomic mass is 127. The number of alkyl halides is 5. The summed E-state index contributed by atoms with van der Waals surface area (Å²) < 4.78 is 112. The van der Waals surface area contributed by atoms with Crippen LogP contribution in [0.2, 0.25) is 0 Å². The van der Waals surface area contributed by atoms with Crippen LogP contribution in [0.15, 0.2) is 24.3 Å². The molecule has 0 bridgehead atoms. The van der Waals surface area contributed by atoms with Gasteiger partial charge in [-0.25, -0.2) is 18.0 Å². The molecule has 16 heteroatoms. The minimum Gasteiger partial charge on any atom is -0.743 e. The quantitative estimate of drug-likeness (QED) is 0.0952. The number of halogens is 7. The first kappa shape index (κ1) is 28.8. The molecule has 0 N–H and O–H groups in total. The van der Waals surface area contributed by atoms with Crippen LogP contribution in [0.1, 0.15) is 17.3 Å². The average Bonchev–Trinajstić information content (AvgIpc) is 2.61. The molecule has 0 aromatic heterocycles. The zero-order chi connectivity index (χ0) is 25.1. The molecule has 1 unspecified atom stereocenters. The van der Waals surface area contributed by atoms with Crippen molar-refractivity contribution in [3.8, 4) is 5.75 Å². The fourth-order valence-electron chi connectivity index (χ4n) is 1.85. The summed E-state index contributed by atoms with van der Waals surface area (Å²) in [6, 6.07) is 1.86. The SMILES string of the molecule is C=C(C)C(=O)OCCOc1c(I)cc(C(=O)OC(C(F)(F)F)C(F)(F)S(=O)(=O)[O-])cc1I. The van der Waals surface area contributed by atoms with Crippen molar-refractivity contribution in [1.82, 2.24) is 0 Å². The summed E-state index contributed by atoms with van der Waals surface area (Å²) in [5.41, 5.74) is -0.488. The van der Waals surface area contributed by atoms with Gasteiger partial charge in [-0.1, -0.05) is 6.58 Å². The maximum Gasteiger partial charge on any atom is 0.432 e. The summed E-state index contributed by atoms with van der Waals surface area (Å²) >= 11 is 3.25. The average molecular weight is 713 g/mol. The van der Waals surface area contributed by atoms with E-state index in [4.69, 9.17) is 9.47 Å². The lowest BCUT2D eigenvalue weighted by atomic mass is 10.2. The number of ether oxygens (including phenoxy) is 3. The Kier molecular flexibility index (Phi) is 9.67. The van der Waals surface area contributed by atoms with Crippen molar-refractivity contribution in [2.75, 3.05) is 13.2 Å². The first-order valence-corrected chi connectivity index (χ1v) is 11.5. The summed E-state index contributed by atoms with van der Waals surface area (Å²) in [6.07, 6.45) is -10.6. The van der Waals surface area contributed by atoms with Crippen molar-refractivity contribution in [3.63, 3.8) is 0 Å². The van der Waals surface area contributed by atoms with Gasteiger partial charge >= 0.3 is 23.4 Å². The Morgan fingerprint density at radius 3 is 2.03 bits per heavy atom. The van der Waals surface area contributed by atoms with Gasteiger partial charge in [-0.2, -0.15) is 22.0 Å².